The Hall–Kier alpha value is -2.15. The molecule has 1 atom stereocenters. The number of nitrogens with zero attached hydrogens (tertiary/aromatic N) is 2. The van der Waals surface area contributed by atoms with Crippen molar-refractivity contribution in [2.45, 2.75) is 12.6 Å². The van der Waals surface area contributed by atoms with Crippen molar-refractivity contribution in [3.63, 3.8) is 0 Å². The maximum absolute atomic E-state index is 13.3. The second-order valence-corrected chi connectivity index (χ2v) is 4.32. The van der Waals surface area contributed by atoms with Gasteiger partial charge in [0.25, 0.3) is 0 Å². The molecule has 1 amide bonds. The Kier molecular flexibility index (Phi) is 2.83. The summed E-state index contributed by atoms with van der Waals surface area (Å²) in [6.45, 7) is 1.15. The molecule has 0 fully saturated rings. The van der Waals surface area contributed by atoms with Crippen LogP contribution in [0, 0.1) is 5.82 Å². The van der Waals surface area contributed by atoms with Crippen LogP contribution in [-0.4, -0.2) is 34.1 Å². The largest absolute Gasteiger partial charge is 0.465 e. The lowest BCUT2D eigenvalue weighted by atomic mass is 10.1. The second kappa shape index (κ2) is 4.51. The summed E-state index contributed by atoms with van der Waals surface area (Å²) in [6.07, 6.45) is -1.56. The number of hydrogen-bond donors (Lipinski definition) is 2. The van der Waals surface area contributed by atoms with Gasteiger partial charge in [-0.25, -0.2) is 9.18 Å². The number of hydrogen-bond acceptors (Lipinski definition) is 3. The van der Waals surface area contributed by atoms with Crippen molar-refractivity contribution in [2.24, 2.45) is 0 Å². The van der Waals surface area contributed by atoms with Gasteiger partial charge in [-0.2, -0.15) is 5.10 Å². The Morgan fingerprint density at radius 3 is 3.26 bits per heavy atom. The van der Waals surface area contributed by atoms with E-state index in [1.165, 1.54) is 12.1 Å². The number of aromatic nitrogens is 2. The van der Waals surface area contributed by atoms with Crippen LogP contribution in [0.15, 0.2) is 18.2 Å². The molecule has 1 aliphatic rings. The number of benzene rings is 1. The van der Waals surface area contributed by atoms with E-state index in [9.17, 15) is 9.18 Å². The molecular weight excluding hydrogens is 253 g/mol. The highest BCUT2D eigenvalue weighted by Crippen LogP contribution is 2.29. The van der Waals surface area contributed by atoms with Crippen LogP contribution >= 0.6 is 0 Å². The standard InChI is InChI=1S/C12H12FN3O3/c13-7-1-2-9-8(5-7)11-10(6-14-12(17)18)19-4-3-16(11)15-9/h1-2,5,10,14H,3-4,6H2,(H,17,18). The number of amides is 1. The summed E-state index contributed by atoms with van der Waals surface area (Å²) in [5.74, 6) is -0.348. The maximum Gasteiger partial charge on any atom is 0.404 e. The van der Waals surface area contributed by atoms with E-state index in [4.69, 9.17) is 9.84 Å². The third-order valence-electron chi connectivity index (χ3n) is 3.11. The summed E-state index contributed by atoms with van der Waals surface area (Å²) in [7, 11) is 0. The first kappa shape index (κ1) is 11.9. The van der Waals surface area contributed by atoms with Gasteiger partial charge in [0.05, 0.1) is 30.9 Å². The Balaban J connectivity index is 2.03. The lowest BCUT2D eigenvalue weighted by Gasteiger charge is -2.24. The van der Waals surface area contributed by atoms with Crippen molar-refractivity contribution in [1.82, 2.24) is 15.1 Å². The molecule has 1 aromatic heterocycles. The molecule has 6 nitrogen and oxygen atoms in total. The molecule has 0 saturated carbocycles. The summed E-state index contributed by atoms with van der Waals surface area (Å²) in [5, 5.41) is 16.0. The molecule has 1 unspecified atom stereocenters. The highest BCUT2D eigenvalue weighted by Gasteiger charge is 2.26. The van der Waals surface area contributed by atoms with Crippen LogP contribution in [0.2, 0.25) is 0 Å². The van der Waals surface area contributed by atoms with Crippen LogP contribution in [0.4, 0.5) is 9.18 Å². The van der Waals surface area contributed by atoms with Crippen LogP contribution in [0.1, 0.15) is 11.8 Å². The molecule has 19 heavy (non-hydrogen) atoms. The highest BCUT2D eigenvalue weighted by atomic mass is 19.1. The van der Waals surface area contributed by atoms with Gasteiger partial charge in [-0.05, 0) is 18.2 Å². The second-order valence-electron chi connectivity index (χ2n) is 4.32. The van der Waals surface area contributed by atoms with Gasteiger partial charge in [0, 0.05) is 5.39 Å². The van der Waals surface area contributed by atoms with Crippen molar-refractivity contribution in [3.8, 4) is 0 Å². The maximum atomic E-state index is 13.3. The molecule has 1 aliphatic heterocycles. The molecule has 0 radical (unpaired) electrons. The number of halogens is 1. The first-order chi connectivity index (χ1) is 9.15. The molecule has 0 bridgehead atoms. The molecule has 0 spiro atoms. The summed E-state index contributed by atoms with van der Waals surface area (Å²) >= 11 is 0. The Bertz CT molecular complexity index is 640. The topological polar surface area (TPSA) is 76.4 Å². The molecule has 100 valence electrons. The van der Waals surface area contributed by atoms with E-state index in [2.05, 4.69) is 10.4 Å². The van der Waals surface area contributed by atoms with E-state index in [1.807, 2.05) is 0 Å². The van der Waals surface area contributed by atoms with Gasteiger partial charge < -0.3 is 15.2 Å². The van der Waals surface area contributed by atoms with Gasteiger partial charge in [-0.3, -0.25) is 4.68 Å². The average molecular weight is 265 g/mol. The van der Waals surface area contributed by atoms with E-state index in [0.29, 0.717) is 24.1 Å². The fraction of sp³-hybridized carbons (Fsp3) is 0.333. The third-order valence-corrected chi connectivity index (χ3v) is 3.11. The van der Waals surface area contributed by atoms with Crippen molar-refractivity contribution >= 4 is 17.0 Å². The molecule has 2 heterocycles. The van der Waals surface area contributed by atoms with Crippen LogP contribution in [0.25, 0.3) is 10.9 Å². The molecule has 1 aromatic carbocycles. The Morgan fingerprint density at radius 1 is 1.63 bits per heavy atom. The van der Waals surface area contributed by atoms with Gasteiger partial charge in [0.2, 0.25) is 0 Å². The minimum Gasteiger partial charge on any atom is -0.465 e. The lowest BCUT2D eigenvalue weighted by molar-refractivity contribution is 0.0188. The quantitative estimate of drug-likeness (QED) is 0.863. The Labute approximate surface area is 107 Å². The van der Waals surface area contributed by atoms with Crippen LogP contribution < -0.4 is 5.32 Å². The summed E-state index contributed by atoms with van der Waals surface area (Å²) < 4.78 is 20.6. The van der Waals surface area contributed by atoms with Gasteiger partial charge in [-0.1, -0.05) is 0 Å². The summed E-state index contributed by atoms with van der Waals surface area (Å²) in [6, 6.07) is 4.36. The summed E-state index contributed by atoms with van der Waals surface area (Å²) in [5.41, 5.74) is 1.40. The number of carboxylic acid groups (broad SMARTS) is 1. The van der Waals surface area contributed by atoms with E-state index < -0.39 is 12.2 Å². The zero-order chi connectivity index (χ0) is 13.4. The van der Waals surface area contributed by atoms with Crippen LogP contribution in [0.5, 0.6) is 0 Å². The minimum atomic E-state index is -1.12. The number of rotatable bonds is 2. The van der Waals surface area contributed by atoms with E-state index in [-0.39, 0.29) is 12.4 Å². The number of fused-ring (bicyclic) bond motifs is 3. The van der Waals surface area contributed by atoms with Gasteiger partial charge in [0.1, 0.15) is 11.9 Å². The third kappa shape index (κ3) is 2.12. The Morgan fingerprint density at radius 2 is 2.47 bits per heavy atom. The normalized spacial score (nSPS) is 18.3. The molecule has 3 rings (SSSR count). The zero-order valence-corrected chi connectivity index (χ0v) is 9.97. The first-order valence-electron chi connectivity index (χ1n) is 5.89. The molecule has 0 saturated heterocycles. The number of nitrogens with one attached hydrogen (secondary N) is 1. The van der Waals surface area contributed by atoms with Gasteiger partial charge in [-0.15, -0.1) is 0 Å². The fourth-order valence-corrected chi connectivity index (χ4v) is 2.33. The fourth-order valence-electron chi connectivity index (χ4n) is 2.33. The van der Waals surface area contributed by atoms with E-state index in [0.717, 1.165) is 5.69 Å². The van der Waals surface area contributed by atoms with Gasteiger partial charge in [0.15, 0.2) is 0 Å². The van der Waals surface area contributed by atoms with Crippen molar-refractivity contribution in [3.05, 3.63) is 29.7 Å². The van der Waals surface area contributed by atoms with Crippen LogP contribution in [0.3, 0.4) is 0 Å². The van der Waals surface area contributed by atoms with E-state index >= 15 is 0 Å². The predicted octanol–water partition coefficient (Wildman–Crippen LogP) is 1.51. The minimum absolute atomic E-state index is 0.118. The average Bonchev–Trinajstić information content (AvgIpc) is 2.74. The first-order valence-corrected chi connectivity index (χ1v) is 5.89. The number of ether oxygens (including phenoxy) is 1. The van der Waals surface area contributed by atoms with Gasteiger partial charge >= 0.3 is 6.09 Å². The van der Waals surface area contributed by atoms with Crippen molar-refractivity contribution < 1.29 is 19.0 Å². The van der Waals surface area contributed by atoms with Crippen LogP contribution in [-0.2, 0) is 11.3 Å². The van der Waals surface area contributed by atoms with E-state index in [1.54, 1.807) is 10.7 Å². The predicted molar refractivity (Wildman–Crippen MR) is 64.4 cm³/mol. The SMILES string of the molecule is O=C(O)NCC1OCCn2nc3ccc(F)cc3c21. The monoisotopic (exact) mass is 265 g/mol. The summed E-state index contributed by atoms with van der Waals surface area (Å²) in [4.78, 5) is 10.6. The molecule has 2 aromatic rings. The molecule has 7 heteroatoms. The van der Waals surface area contributed by atoms with Crippen molar-refractivity contribution in [1.29, 1.82) is 0 Å². The highest BCUT2D eigenvalue weighted by molar-refractivity contribution is 5.82. The smallest absolute Gasteiger partial charge is 0.404 e. The molecule has 0 aliphatic carbocycles. The molecular formula is C12H12FN3O3. The van der Waals surface area contributed by atoms with Crippen molar-refractivity contribution in [2.75, 3.05) is 13.2 Å². The number of carbonyl (C=O) groups is 1. The lowest BCUT2D eigenvalue weighted by Crippen LogP contribution is -2.32. The molecule has 2 N–H and O–H groups in total. The zero-order valence-electron chi connectivity index (χ0n) is 9.97.